The Balaban J connectivity index is 1.93. The molecule has 0 spiro atoms. The molecule has 2 heteroatoms. The molecule has 2 nitrogen and oxygen atoms in total. The molecule has 1 heterocycles. The second-order valence-electron chi connectivity index (χ2n) is 14.5. The summed E-state index contributed by atoms with van der Waals surface area (Å²) in [7, 11) is 2.40. The van der Waals surface area contributed by atoms with Gasteiger partial charge in [0.15, 0.2) is 0 Å². The summed E-state index contributed by atoms with van der Waals surface area (Å²) in [5.41, 5.74) is 0. The molecule has 43 heavy (non-hydrogen) atoms. The Hall–Kier alpha value is -0.530. The number of unbranched alkanes of at least 4 members (excludes halogenated alkanes) is 29. The Bertz CT molecular complexity index is 597. The first-order valence-electron chi connectivity index (χ1n) is 20.6. The van der Waals surface area contributed by atoms with E-state index < -0.39 is 0 Å². The maximum atomic E-state index is 2.70. The summed E-state index contributed by atoms with van der Waals surface area (Å²) in [4.78, 5) is 2.68. The van der Waals surface area contributed by atoms with Gasteiger partial charge < -0.3 is 0 Å². The fourth-order valence-corrected chi connectivity index (χ4v) is 7.43. The van der Waals surface area contributed by atoms with Gasteiger partial charge in [0, 0.05) is 6.42 Å². The molecule has 0 aromatic carbocycles. The lowest BCUT2D eigenvalue weighted by Crippen LogP contribution is -2.32. The number of rotatable bonds is 34. The van der Waals surface area contributed by atoms with Crippen LogP contribution in [0.25, 0.3) is 0 Å². The maximum Gasteiger partial charge on any atom is 0.247 e. The minimum atomic E-state index is 0.762. The van der Waals surface area contributed by atoms with E-state index in [-0.39, 0.29) is 0 Å². The van der Waals surface area contributed by atoms with Crippen molar-refractivity contribution in [3.63, 3.8) is 0 Å². The zero-order chi connectivity index (χ0) is 31.1. The maximum absolute atomic E-state index is 2.70. The molecule has 0 aromatic rings. The summed E-state index contributed by atoms with van der Waals surface area (Å²) < 4.78 is 2.70. The first-order chi connectivity index (χ1) is 21.2. The van der Waals surface area contributed by atoms with E-state index in [0.29, 0.717) is 0 Å². The Morgan fingerprint density at radius 2 is 0.744 bits per heavy atom. The second kappa shape index (κ2) is 31.5. The molecular formula is C41H83N2+. The zero-order valence-corrected chi connectivity index (χ0v) is 30.7. The monoisotopic (exact) mass is 604 g/mol. The summed E-state index contributed by atoms with van der Waals surface area (Å²) in [5, 5.41) is 0. The lowest BCUT2D eigenvalue weighted by Gasteiger charge is -2.16. The Morgan fingerprint density at radius 3 is 1.07 bits per heavy atom. The van der Waals surface area contributed by atoms with E-state index in [4.69, 9.17) is 0 Å². The molecule has 256 valence electrons. The van der Waals surface area contributed by atoms with Crippen molar-refractivity contribution in [1.82, 2.24) is 4.90 Å². The lowest BCUT2D eigenvalue weighted by molar-refractivity contribution is -0.518. The predicted molar refractivity (Wildman–Crippen MR) is 196 cm³/mol. The molecule has 0 amide bonds. The van der Waals surface area contributed by atoms with Crippen LogP contribution in [0.2, 0.25) is 0 Å². The summed E-state index contributed by atoms with van der Waals surface area (Å²) in [6, 6.07) is 0.762. The summed E-state index contributed by atoms with van der Waals surface area (Å²) in [5.74, 6) is 1.65. The average Bonchev–Trinajstić information content (AvgIpc) is 3.32. The van der Waals surface area contributed by atoms with Crippen LogP contribution in [0.5, 0.6) is 0 Å². The lowest BCUT2D eigenvalue weighted by atomic mass is 10.0. The van der Waals surface area contributed by atoms with Crippen molar-refractivity contribution in [2.45, 2.75) is 239 Å². The van der Waals surface area contributed by atoms with Crippen molar-refractivity contribution in [1.29, 1.82) is 0 Å². The quantitative estimate of drug-likeness (QED) is 0.0524. The van der Waals surface area contributed by atoms with Crippen LogP contribution < -0.4 is 0 Å². The standard InChI is InChI=1S/C41H83N2/c1-5-8-10-12-14-16-18-20-22-24-25-27-29-31-33-35-37-40-39-43(7-3)41(42(40)4)38-36-34-32-30-28-26-23-21-19-17-15-13-11-9-6-2/h40H,5-39H2,1-4H3/q+1. The van der Waals surface area contributed by atoms with Gasteiger partial charge in [-0.25, -0.2) is 0 Å². The van der Waals surface area contributed by atoms with Crippen LogP contribution in [-0.4, -0.2) is 41.5 Å². The average molecular weight is 604 g/mol. The molecule has 1 aliphatic heterocycles. The van der Waals surface area contributed by atoms with Crippen molar-refractivity contribution < 1.29 is 4.58 Å². The summed E-state index contributed by atoms with van der Waals surface area (Å²) >= 11 is 0. The number of amidine groups is 1. The molecule has 0 aromatic heterocycles. The summed E-state index contributed by atoms with van der Waals surface area (Å²) in [6.45, 7) is 9.44. The third-order valence-corrected chi connectivity index (χ3v) is 10.5. The van der Waals surface area contributed by atoms with Crippen molar-refractivity contribution in [3.8, 4) is 0 Å². The molecule has 0 saturated heterocycles. The van der Waals surface area contributed by atoms with Gasteiger partial charge in [-0.1, -0.05) is 200 Å². The molecule has 0 radical (unpaired) electrons. The van der Waals surface area contributed by atoms with Crippen LogP contribution in [0.15, 0.2) is 0 Å². The van der Waals surface area contributed by atoms with Crippen LogP contribution in [0, 0.1) is 0 Å². The Labute approximate surface area is 273 Å². The predicted octanol–water partition coefficient (Wildman–Crippen LogP) is 13.6. The molecule has 0 saturated carbocycles. The number of nitrogens with zero attached hydrogens (tertiary/aromatic N) is 2. The van der Waals surface area contributed by atoms with Crippen LogP contribution >= 0.6 is 0 Å². The molecule has 1 atom stereocenters. The third kappa shape index (κ3) is 23.5. The highest BCUT2D eigenvalue weighted by Gasteiger charge is 2.34. The fourth-order valence-electron chi connectivity index (χ4n) is 7.43. The molecule has 1 aliphatic rings. The minimum absolute atomic E-state index is 0.762. The van der Waals surface area contributed by atoms with Gasteiger partial charge in [-0.15, -0.1) is 0 Å². The normalized spacial score (nSPS) is 15.3. The van der Waals surface area contributed by atoms with Gasteiger partial charge in [0.05, 0.1) is 13.6 Å². The van der Waals surface area contributed by atoms with E-state index in [1.165, 1.54) is 225 Å². The first-order valence-corrected chi connectivity index (χ1v) is 20.6. The molecule has 0 aliphatic carbocycles. The molecular weight excluding hydrogens is 520 g/mol. The third-order valence-electron chi connectivity index (χ3n) is 10.5. The van der Waals surface area contributed by atoms with E-state index >= 15 is 0 Å². The highest BCUT2D eigenvalue weighted by atomic mass is 15.3. The highest BCUT2D eigenvalue weighted by Crippen LogP contribution is 2.20. The Kier molecular flexibility index (Phi) is 29.6. The molecule has 0 bridgehead atoms. The number of hydrogen-bond acceptors (Lipinski definition) is 1. The van der Waals surface area contributed by atoms with Crippen molar-refractivity contribution >= 4 is 5.84 Å². The first kappa shape index (κ1) is 40.5. The second-order valence-corrected chi connectivity index (χ2v) is 14.5. The smallest absolute Gasteiger partial charge is 0.247 e. The van der Waals surface area contributed by atoms with Gasteiger partial charge in [-0.3, -0.25) is 9.48 Å². The molecule has 1 rings (SSSR count). The number of likely N-dealkylation sites (N-methyl/N-ethyl adjacent to an activating group) is 2. The van der Waals surface area contributed by atoms with E-state index in [0.717, 1.165) is 6.04 Å². The van der Waals surface area contributed by atoms with E-state index in [2.05, 4.69) is 37.3 Å². The van der Waals surface area contributed by atoms with E-state index in [9.17, 15) is 0 Å². The van der Waals surface area contributed by atoms with Crippen molar-refractivity contribution in [2.75, 3.05) is 20.1 Å². The fraction of sp³-hybridized carbons (Fsp3) is 0.976. The van der Waals surface area contributed by atoms with E-state index in [1.807, 2.05) is 0 Å². The van der Waals surface area contributed by atoms with Gasteiger partial charge in [-0.2, -0.15) is 0 Å². The van der Waals surface area contributed by atoms with Crippen LogP contribution in [0.1, 0.15) is 233 Å². The van der Waals surface area contributed by atoms with Gasteiger partial charge in [-0.05, 0) is 26.2 Å². The Morgan fingerprint density at radius 1 is 0.442 bits per heavy atom. The van der Waals surface area contributed by atoms with Crippen molar-refractivity contribution in [2.24, 2.45) is 0 Å². The van der Waals surface area contributed by atoms with Crippen LogP contribution in [0.4, 0.5) is 0 Å². The summed E-state index contributed by atoms with van der Waals surface area (Å²) in [6.07, 6.45) is 47.9. The van der Waals surface area contributed by atoms with Gasteiger partial charge in [0.25, 0.3) is 0 Å². The van der Waals surface area contributed by atoms with Crippen molar-refractivity contribution in [3.05, 3.63) is 0 Å². The molecule has 0 N–H and O–H groups in total. The largest absolute Gasteiger partial charge is 0.262 e. The molecule has 0 fully saturated rings. The van der Waals surface area contributed by atoms with Gasteiger partial charge in [0.2, 0.25) is 5.84 Å². The van der Waals surface area contributed by atoms with Crippen LogP contribution in [-0.2, 0) is 0 Å². The van der Waals surface area contributed by atoms with E-state index in [1.54, 1.807) is 5.84 Å². The van der Waals surface area contributed by atoms with Gasteiger partial charge >= 0.3 is 0 Å². The molecule has 1 unspecified atom stereocenters. The SMILES string of the molecule is CCCCCCCCCCCCCCCCCCC1C[N+](CC)=C(CCCCCCCCCCCCCCCCC)N1C. The zero-order valence-electron chi connectivity index (χ0n) is 30.7. The highest BCUT2D eigenvalue weighted by molar-refractivity contribution is 5.78. The van der Waals surface area contributed by atoms with Gasteiger partial charge in [0.1, 0.15) is 12.6 Å². The number of hydrogen-bond donors (Lipinski definition) is 0. The minimum Gasteiger partial charge on any atom is -0.262 e. The van der Waals surface area contributed by atoms with Crippen LogP contribution in [0.3, 0.4) is 0 Å². The topological polar surface area (TPSA) is 6.25 Å².